The van der Waals surface area contributed by atoms with Crippen molar-refractivity contribution in [3.63, 3.8) is 0 Å². The average Bonchev–Trinajstić information content (AvgIpc) is 2.52. The van der Waals surface area contributed by atoms with Crippen LogP contribution in [0.15, 0.2) is 53.6 Å². The van der Waals surface area contributed by atoms with Crippen LogP contribution >= 0.6 is 12.2 Å². The van der Waals surface area contributed by atoms with Crippen molar-refractivity contribution in [3.8, 4) is 0 Å². The van der Waals surface area contributed by atoms with Crippen LogP contribution in [0.1, 0.15) is 18.1 Å². The molecular formula is C16H16N4O2S. The van der Waals surface area contributed by atoms with Gasteiger partial charge < -0.3 is 5.32 Å². The summed E-state index contributed by atoms with van der Waals surface area (Å²) in [6.07, 6.45) is 0. The number of rotatable bonds is 4. The second kappa shape index (κ2) is 7.46. The summed E-state index contributed by atoms with van der Waals surface area (Å²) in [6.45, 7) is 3.74. The van der Waals surface area contributed by atoms with E-state index in [9.17, 15) is 10.1 Å². The molecule has 0 bridgehead atoms. The van der Waals surface area contributed by atoms with E-state index in [1.54, 1.807) is 19.1 Å². The van der Waals surface area contributed by atoms with Crippen molar-refractivity contribution in [2.45, 2.75) is 13.8 Å². The zero-order valence-electron chi connectivity index (χ0n) is 12.7. The molecule has 2 rings (SSSR count). The van der Waals surface area contributed by atoms with E-state index in [2.05, 4.69) is 15.8 Å². The number of nitro benzene ring substituents is 1. The molecule has 0 fully saturated rings. The molecule has 6 nitrogen and oxygen atoms in total. The zero-order valence-corrected chi connectivity index (χ0v) is 13.6. The number of anilines is 1. The van der Waals surface area contributed by atoms with Gasteiger partial charge >= 0.3 is 0 Å². The Hall–Kier alpha value is -2.80. The molecule has 23 heavy (non-hydrogen) atoms. The molecule has 7 heteroatoms. The van der Waals surface area contributed by atoms with E-state index >= 15 is 0 Å². The van der Waals surface area contributed by atoms with Crippen LogP contribution in [0.5, 0.6) is 0 Å². The monoisotopic (exact) mass is 328 g/mol. The van der Waals surface area contributed by atoms with Gasteiger partial charge in [-0.2, -0.15) is 5.10 Å². The molecule has 0 aliphatic carbocycles. The Kier molecular flexibility index (Phi) is 5.37. The van der Waals surface area contributed by atoms with Gasteiger partial charge in [0.15, 0.2) is 5.11 Å². The highest BCUT2D eigenvalue weighted by molar-refractivity contribution is 7.80. The van der Waals surface area contributed by atoms with Crippen molar-refractivity contribution in [1.82, 2.24) is 5.43 Å². The lowest BCUT2D eigenvalue weighted by Gasteiger charge is -2.08. The summed E-state index contributed by atoms with van der Waals surface area (Å²) < 4.78 is 0. The normalized spacial score (nSPS) is 11.0. The van der Waals surface area contributed by atoms with Crippen LogP contribution in [0.2, 0.25) is 0 Å². The molecule has 118 valence electrons. The Morgan fingerprint density at radius 3 is 2.65 bits per heavy atom. The van der Waals surface area contributed by atoms with E-state index in [4.69, 9.17) is 12.2 Å². The molecule has 0 amide bonds. The van der Waals surface area contributed by atoms with Crippen LogP contribution in [-0.4, -0.2) is 15.7 Å². The Bertz CT molecular complexity index is 774. The molecule has 2 aromatic carbocycles. The van der Waals surface area contributed by atoms with Gasteiger partial charge in [0, 0.05) is 23.4 Å². The van der Waals surface area contributed by atoms with Crippen molar-refractivity contribution in [3.05, 3.63) is 69.8 Å². The quantitative estimate of drug-likeness (QED) is 0.388. The summed E-state index contributed by atoms with van der Waals surface area (Å²) >= 11 is 5.18. The molecule has 0 aromatic heterocycles. The number of hydrogen-bond donors (Lipinski definition) is 2. The minimum atomic E-state index is -0.436. The van der Waals surface area contributed by atoms with Gasteiger partial charge in [0.1, 0.15) is 0 Å². The Labute approximate surface area is 139 Å². The number of non-ortho nitro benzene ring substituents is 1. The van der Waals surface area contributed by atoms with Gasteiger partial charge in [-0.3, -0.25) is 15.5 Å². The van der Waals surface area contributed by atoms with Gasteiger partial charge in [-0.05, 0) is 43.8 Å². The van der Waals surface area contributed by atoms with E-state index < -0.39 is 4.92 Å². The van der Waals surface area contributed by atoms with Crippen LogP contribution in [-0.2, 0) is 0 Å². The molecule has 0 aliphatic rings. The van der Waals surface area contributed by atoms with Crippen molar-refractivity contribution in [2.24, 2.45) is 5.10 Å². The van der Waals surface area contributed by atoms with E-state index in [0.717, 1.165) is 11.3 Å². The highest BCUT2D eigenvalue weighted by Crippen LogP contribution is 2.13. The zero-order chi connectivity index (χ0) is 16.8. The lowest BCUT2D eigenvalue weighted by Crippen LogP contribution is -2.25. The molecule has 2 aromatic rings. The maximum atomic E-state index is 10.8. The van der Waals surface area contributed by atoms with Crippen LogP contribution < -0.4 is 10.7 Å². The van der Waals surface area contributed by atoms with Gasteiger partial charge in [0.25, 0.3) is 5.69 Å². The van der Waals surface area contributed by atoms with Gasteiger partial charge in [-0.25, -0.2) is 0 Å². The molecule has 0 unspecified atom stereocenters. The summed E-state index contributed by atoms with van der Waals surface area (Å²) in [7, 11) is 0. The number of nitrogens with one attached hydrogen (secondary N) is 2. The third-order valence-corrected chi connectivity index (χ3v) is 3.27. The number of aryl methyl sites for hydroxylation is 1. The largest absolute Gasteiger partial charge is 0.331 e. The molecule has 0 radical (unpaired) electrons. The first-order chi connectivity index (χ1) is 11.0. The number of hydrogen-bond acceptors (Lipinski definition) is 4. The molecule has 0 heterocycles. The molecule has 0 spiro atoms. The Balaban J connectivity index is 2.02. The number of benzene rings is 2. The van der Waals surface area contributed by atoms with E-state index in [1.807, 2.05) is 31.2 Å². The summed E-state index contributed by atoms with van der Waals surface area (Å²) in [4.78, 5) is 10.4. The first-order valence-corrected chi connectivity index (χ1v) is 7.29. The molecular weight excluding hydrogens is 312 g/mol. The topological polar surface area (TPSA) is 79.6 Å². The van der Waals surface area contributed by atoms with Gasteiger partial charge in [0.05, 0.1) is 10.6 Å². The molecule has 2 N–H and O–H groups in total. The number of nitrogens with zero attached hydrogens (tertiary/aromatic N) is 2. The molecule has 0 aliphatic heterocycles. The van der Waals surface area contributed by atoms with Gasteiger partial charge in [-0.15, -0.1) is 0 Å². The summed E-state index contributed by atoms with van der Waals surface area (Å²) in [5.41, 5.74) is 6.00. The number of hydrazone groups is 1. The van der Waals surface area contributed by atoms with E-state index in [1.165, 1.54) is 12.1 Å². The molecule has 0 saturated heterocycles. The third-order valence-electron chi connectivity index (χ3n) is 3.08. The number of thiocarbonyl (C=S) groups is 1. The lowest BCUT2D eigenvalue weighted by molar-refractivity contribution is -0.384. The maximum absolute atomic E-state index is 10.8. The predicted octanol–water partition coefficient (Wildman–Crippen LogP) is 3.61. The Morgan fingerprint density at radius 1 is 1.22 bits per heavy atom. The lowest BCUT2D eigenvalue weighted by atomic mass is 10.1. The molecule has 0 saturated carbocycles. The van der Waals surface area contributed by atoms with Crippen LogP contribution in [0.3, 0.4) is 0 Å². The highest BCUT2D eigenvalue weighted by atomic mass is 32.1. The second-order valence-electron chi connectivity index (χ2n) is 4.94. The summed E-state index contributed by atoms with van der Waals surface area (Å²) in [5, 5.41) is 18.3. The van der Waals surface area contributed by atoms with Crippen LogP contribution in [0.4, 0.5) is 11.4 Å². The SMILES string of the molecule is CC(=NNC(=S)Nc1cccc(C)c1)c1cccc([N+](=O)[O-])c1. The van der Waals surface area contributed by atoms with Gasteiger partial charge in [0.2, 0.25) is 0 Å². The fourth-order valence-electron chi connectivity index (χ4n) is 1.93. The van der Waals surface area contributed by atoms with Crippen molar-refractivity contribution < 1.29 is 4.92 Å². The van der Waals surface area contributed by atoms with Crippen LogP contribution in [0, 0.1) is 17.0 Å². The smallest absolute Gasteiger partial charge is 0.270 e. The first kappa shape index (κ1) is 16.6. The van der Waals surface area contributed by atoms with Crippen molar-refractivity contribution in [1.29, 1.82) is 0 Å². The first-order valence-electron chi connectivity index (χ1n) is 6.88. The number of nitro groups is 1. The van der Waals surface area contributed by atoms with Crippen molar-refractivity contribution in [2.75, 3.05) is 5.32 Å². The highest BCUT2D eigenvalue weighted by Gasteiger charge is 2.07. The second-order valence-corrected chi connectivity index (χ2v) is 5.35. The average molecular weight is 328 g/mol. The maximum Gasteiger partial charge on any atom is 0.270 e. The standard InChI is InChI=1S/C16H16N4O2S/c1-11-5-3-7-14(9-11)17-16(23)19-18-12(2)13-6-4-8-15(10-13)20(21)22/h3-10H,1-2H3,(H2,17,19,23). The van der Waals surface area contributed by atoms with Crippen LogP contribution in [0.25, 0.3) is 0 Å². The predicted molar refractivity (Wildman–Crippen MR) is 95.8 cm³/mol. The summed E-state index contributed by atoms with van der Waals surface area (Å²) in [6, 6.07) is 14.1. The van der Waals surface area contributed by atoms with Crippen molar-refractivity contribution >= 4 is 34.4 Å². The minimum Gasteiger partial charge on any atom is -0.331 e. The Morgan fingerprint density at radius 2 is 1.96 bits per heavy atom. The van der Waals surface area contributed by atoms with E-state index in [-0.39, 0.29) is 5.69 Å². The third kappa shape index (κ3) is 4.86. The minimum absolute atomic E-state index is 0.0255. The summed E-state index contributed by atoms with van der Waals surface area (Å²) in [5.74, 6) is 0. The van der Waals surface area contributed by atoms with E-state index in [0.29, 0.717) is 16.4 Å². The molecule has 0 atom stereocenters. The van der Waals surface area contributed by atoms with Gasteiger partial charge in [-0.1, -0.05) is 24.3 Å². The fourth-order valence-corrected chi connectivity index (χ4v) is 2.09. The fraction of sp³-hybridized carbons (Fsp3) is 0.125.